The third-order valence-corrected chi connectivity index (χ3v) is 7.20. The van der Waals surface area contributed by atoms with E-state index < -0.39 is 0 Å². The van der Waals surface area contributed by atoms with Gasteiger partial charge in [0.05, 0.1) is 17.8 Å². The molecule has 4 rings (SSSR count). The maximum Gasteiger partial charge on any atom is 0.269 e. The van der Waals surface area contributed by atoms with Gasteiger partial charge in [0.25, 0.3) is 5.91 Å². The van der Waals surface area contributed by atoms with Crippen molar-refractivity contribution in [1.82, 2.24) is 24.7 Å². The van der Waals surface area contributed by atoms with Crippen molar-refractivity contribution in [1.29, 1.82) is 0 Å². The Bertz CT molecular complexity index is 1310. The second kappa shape index (κ2) is 9.68. The molecule has 0 unspecified atom stereocenters. The average molecular weight is 483 g/mol. The number of carbonyl (C=O) groups excluding carboxylic acids is 1. The SMILES string of the molecule is C=CCn1c(Cc2csc(NC(=O)c3sc(-c4ccc(CC)cc4)nc3C)n2)n[nH]c1=S. The first-order valence-electron chi connectivity index (χ1n) is 10.1. The number of anilines is 1. The van der Waals surface area contributed by atoms with E-state index in [0.717, 1.165) is 28.5 Å². The van der Waals surface area contributed by atoms with Crippen molar-refractivity contribution >= 4 is 45.9 Å². The van der Waals surface area contributed by atoms with E-state index in [1.54, 1.807) is 6.08 Å². The van der Waals surface area contributed by atoms with Gasteiger partial charge in [-0.25, -0.2) is 9.97 Å². The summed E-state index contributed by atoms with van der Waals surface area (Å²) in [4.78, 5) is 22.6. The molecule has 0 fully saturated rings. The van der Waals surface area contributed by atoms with Crippen LogP contribution in [-0.2, 0) is 19.4 Å². The van der Waals surface area contributed by atoms with E-state index in [1.807, 2.05) is 29.0 Å². The number of aromatic amines is 1. The van der Waals surface area contributed by atoms with E-state index in [1.165, 1.54) is 28.2 Å². The molecule has 2 N–H and O–H groups in total. The molecule has 0 aliphatic heterocycles. The minimum atomic E-state index is -0.202. The Morgan fingerprint density at radius 2 is 2.09 bits per heavy atom. The molecule has 7 nitrogen and oxygen atoms in total. The third kappa shape index (κ3) is 4.77. The zero-order chi connectivity index (χ0) is 22.7. The first-order valence-corrected chi connectivity index (χ1v) is 12.2. The van der Waals surface area contributed by atoms with E-state index in [-0.39, 0.29) is 5.91 Å². The summed E-state index contributed by atoms with van der Waals surface area (Å²) in [6.07, 6.45) is 3.26. The lowest BCUT2D eigenvalue weighted by atomic mass is 10.1. The summed E-state index contributed by atoms with van der Waals surface area (Å²) in [5.74, 6) is 0.571. The van der Waals surface area contributed by atoms with Crippen molar-refractivity contribution in [2.24, 2.45) is 0 Å². The van der Waals surface area contributed by atoms with E-state index >= 15 is 0 Å². The van der Waals surface area contributed by atoms with Crippen molar-refractivity contribution in [3.8, 4) is 10.6 Å². The molecule has 0 spiro atoms. The molecule has 0 atom stereocenters. The van der Waals surface area contributed by atoms with E-state index in [9.17, 15) is 4.79 Å². The summed E-state index contributed by atoms with van der Waals surface area (Å²) in [5, 5.41) is 13.2. The molecule has 10 heteroatoms. The van der Waals surface area contributed by atoms with Crippen LogP contribution in [0.25, 0.3) is 10.6 Å². The molecule has 3 heterocycles. The van der Waals surface area contributed by atoms with Gasteiger partial charge in [0.15, 0.2) is 9.90 Å². The summed E-state index contributed by atoms with van der Waals surface area (Å²) in [6, 6.07) is 8.29. The predicted octanol–water partition coefficient (Wildman–Crippen LogP) is 5.42. The van der Waals surface area contributed by atoms with Crippen LogP contribution in [0.5, 0.6) is 0 Å². The van der Waals surface area contributed by atoms with Gasteiger partial charge in [0, 0.05) is 17.5 Å². The summed E-state index contributed by atoms with van der Waals surface area (Å²) in [7, 11) is 0. The molecule has 0 aliphatic carbocycles. The van der Waals surface area contributed by atoms with Crippen molar-refractivity contribution in [2.45, 2.75) is 33.2 Å². The maximum absolute atomic E-state index is 12.9. The second-order valence-electron chi connectivity index (χ2n) is 7.10. The van der Waals surface area contributed by atoms with Crippen LogP contribution in [0.1, 0.15) is 39.4 Å². The number of hydrogen-bond acceptors (Lipinski definition) is 7. The minimum absolute atomic E-state index is 0.202. The quantitative estimate of drug-likeness (QED) is 0.259. The fourth-order valence-electron chi connectivity index (χ4n) is 3.18. The Hall–Kier alpha value is -2.95. The summed E-state index contributed by atoms with van der Waals surface area (Å²) < 4.78 is 2.42. The van der Waals surface area contributed by atoms with E-state index in [0.29, 0.717) is 33.4 Å². The Kier molecular flexibility index (Phi) is 6.73. The molecular formula is C22H22N6OS3. The van der Waals surface area contributed by atoms with Gasteiger partial charge in [-0.1, -0.05) is 37.3 Å². The first-order chi connectivity index (χ1) is 15.5. The normalized spacial score (nSPS) is 10.9. The Labute approximate surface area is 198 Å². The topological polar surface area (TPSA) is 88.5 Å². The standard InChI is InChI=1S/C22H22N6OS3/c1-4-10-28-17(26-27-22(28)30)11-16-12-31-21(24-16)25-19(29)18-13(3)23-20(32-18)15-8-6-14(5-2)7-9-15/h4,6-9,12H,1,5,10-11H2,2-3H3,(H,27,30)(H,24,25,29). The van der Waals surface area contributed by atoms with Crippen molar-refractivity contribution in [3.05, 3.63) is 74.7 Å². The lowest BCUT2D eigenvalue weighted by molar-refractivity contribution is 0.103. The van der Waals surface area contributed by atoms with Crippen LogP contribution < -0.4 is 5.32 Å². The van der Waals surface area contributed by atoms with Crippen LogP contribution in [0.15, 0.2) is 42.3 Å². The summed E-state index contributed by atoms with van der Waals surface area (Å²) in [6.45, 7) is 8.30. The van der Waals surface area contributed by atoms with Gasteiger partial charge < -0.3 is 0 Å². The molecule has 1 amide bonds. The predicted molar refractivity (Wildman–Crippen MR) is 132 cm³/mol. The molecule has 0 radical (unpaired) electrons. The van der Waals surface area contributed by atoms with Crippen LogP contribution >= 0.6 is 34.9 Å². The minimum Gasteiger partial charge on any atom is -0.300 e. The van der Waals surface area contributed by atoms with Crippen LogP contribution in [0, 0.1) is 11.7 Å². The molecule has 164 valence electrons. The number of aromatic nitrogens is 5. The van der Waals surface area contributed by atoms with Crippen molar-refractivity contribution in [3.63, 3.8) is 0 Å². The van der Waals surface area contributed by atoms with Crippen molar-refractivity contribution in [2.75, 3.05) is 5.32 Å². The zero-order valence-electron chi connectivity index (χ0n) is 17.7. The molecule has 0 aliphatic rings. The highest BCUT2D eigenvalue weighted by atomic mass is 32.1. The number of thiazole rings is 2. The van der Waals surface area contributed by atoms with E-state index in [4.69, 9.17) is 12.2 Å². The van der Waals surface area contributed by atoms with Crippen LogP contribution in [0.4, 0.5) is 5.13 Å². The number of carbonyl (C=O) groups is 1. The lowest BCUT2D eigenvalue weighted by Crippen LogP contribution is -2.11. The molecule has 1 aromatic carbocycles. The smallest absolute Gasteiger partial charge is 0.269 e. The third-order valence-electron chi connectivity index (χ3n) is 4.87. The van der Waals surface area contributed by atoms with Gasteiger partial charge in [0.2, 0.25) is 0 Å². The van der Waals surface area contributed by atoms with Gasteiger partial charge in [-0.05, 0) is 31.1 Å². The molecular weight excluding hydrogens is 460 g/mol. The van der Waals surface area contributed by atoms with Crippen molar-refractivity contribution < 1.29 is 4.79 Å². The Balaban J connectivity index is 1.47. The summed E-state index contributed by atoms with van der Waals surface area (Å²) >= 11 is 8.02. The molecule has 4 aromatic rings. The molecule has 32 heavy (non-hydrogen) atoms. The monoisotopic (exact) mass is 482 g/mol. The zero-order valence-corrected chi connectivity index (χ0v) is 20.2. The largest absolute Gasteiger partial charge is 0.300 e. The fraction of sp³-hybridized carbons (Fsp3) is 0.227. The number of rotatable bonds is 8. The Morgan fingerprint density at radius 1 is 1.31 bits per heavy atom. The first kappa shape index (κ1) is 22.3. The second-order valence-corrected chi connectivity index (χ2v) is 9.35. The van der Waals surface area contributed by atoms with Crippen LogP contribution in [0.2, 0.25) is 0 Å². The number of nitrogens with one attached hydrogen (secondary N) is 2. The number of benzene rings is 1. The average Bonchev–Trinajstić information content (AvgIpc) is 3.49. The lowest BCUT2D eigenvalue weighted by Gasteiger charge is -2.02. The number of H-pyrrole nitrogens is 1. The molecule has 0 saturated carbocycles. The highest BCUT2D eigenvalue weighted by Gasteiger charge is 2.18. The Morgan fingerprint density at radius 3 is 2.81 bits per heavy atom. The highest BCUT2D eigenvalue weighted by Crippen LogP contribution is 2.29. The summed E-state index contributed by atoms with van der Waals surface area (Å²) in [5.41, 5.74) is 3.80. The van der Waals surface area contributed by atoms with E-state index in [2.05, 4.69) is 51.1 Å². The number of aryl methyl sites for hydroxylation is 2. The van der Waals surface area contributed by atoms with Gasteiger partial charge in [0.1, 0.15) is 15.7 Å². The number of amides is 1. The van der Waals surface area contributed by atoms with Gasteiger partial charge in [-0.3, -0.25) is 19.8 Å². The fourth-order valence-corrected chi connectivity index (χ4v) is 5.08. The maximum atomic E-state index is 12.9. The highest BCUT2D eigenvalue weighted by molar-refractivity contribution is 7.71. The number of allylic oxidation sites excluding steroid dienone is 1. The van der Waals surface area contributed by atoms with Crippen LogP contribution in [0.3, 0.4) is 0 Å². The van der Waals surface area contributed by atoms with Gasteiger partial charge in [-0.2, -0.15) is 5.10 Å². The van der Waals surface area contributed by atoms with Gasteiger partial charge in [-0.15, -0.1) is 29.3 Å². The molecule has 0 bridgehead atoms. The number of nitrogens with zero attached hydrogens (tertiary/aromatic N) is 4. The van der Waals surface area contributed by atoms with Crippen LogP contribution in [-0.4, -0.2) is 30.6 Å². The number of hydrogen-bond donors (Lipinski definition) is 2. The molecule has 0 saturated heterocycles. The van der Waals surface area contributed by atoms with Gasteiger partial charge >= 0.3 is 0 Å². The molecule has 3 aromatic heterocycles.